The van der Waals surface area contributed by atoms with Crippen LogP contribution in [0.3, 0.4) is 0 Å². The van der Waals surface area contributed by atoms with Gasteiger partial charge in [-0.05, 0) is 38.5 Å². The molecule has 6 nitrogen and oxygen atoms in total. The zero-order valence-electron chi connectivity index (χ0n) is 13.8. The summed E-state index contributed by atoms with van der Waals surface area (Å²) in [5, 5.41) is 5.97. The number of carbonyl (C=O) groups is 1. The van der Waals surface area contributed by atoms with Crippen molar-refractivity contribution in [1.29, 1.82) is 0 Å². The molecule has 0 unspecified atom stereocenters. The first-order valence-electron chi connectivity index (χ1n) is 8.50. The fourth-order valence-electron chi connectivity index (χ4n) is 3.23. The van der Waals surface area contributed by atoms with Crippen molar-refractivity contribution < 1.29 is 4.79 Å². The van der Waals surface area contributed by atoms with Gasteiger partial charge in [-0.15, -0.1) is 0 Å². The summed E-state index contributed by atoms with van der Waals surface area (Å²) in [6.45, 7) is 0. The van der Waals surface area contributed by atoms with Crippen LogP contribution < -0.4 is 0 Å². The molecule has 24 heavy (non-hydrogen) atoms. The van der Waals surface area contributed by atoms with E-state index in [1.807, 2.05) is 7.05 Å². The standard InChI is InChI=1S/C17H21N5OS/c1-21-16-14(9-20-21)17(19-11-18-16)24-10-15(23)22(13-7-8-13)12-5-3-2-4-6-12/h5,9,11,13H,2-4,6-8,10H2,1H3. The van der Waals surface area contributed by atoms with Crippen LogP contribution in [-0.2, 0) is 11.8 Å². The average molecular weight is 343 g/mol. The topological polar surface area (TPSA) is 63.9 Å². The van der Waals surface area contributed by atoms with Crippen LogP contribution in [0.2, 0.25) is 0 Å². The molecule has 0 bridgehead atoms. The van der Waals surface area contributed by atoms with Crippen molar-refractivity contribution in [3.8, 4) is 0 Å². The first-order chi connectivity index (χ1) is 11.7. The second-order valence-electron chi connectivity index (χ2n) is 6.41. The van der Waals surface area contributed by atoms with E-state index < -0.39 is 0 Å². The third kappa shape index (κ3) is 3.05. The van der Waals surface area contributed by atoms with Gasteiger partial charge in [0, 0.05) is 18.8 Å². The van der Waals surface area contributed by atoms with Gasteiger partial charge in [0.2, 0.25) is 5.91 Å². The number of hydrogen-bond acceptors (Lipinski definition) is 5. The van der Waals surface area contributed by atoms with Crippen LogP contribution in [-0.4, -0.2) is 42.4 Å². The molecule has 2 aliphatic carbocycles. The molecule has 4 rings (SSSR count). The number of fused-ring (bicyclic) bond motifs is 1. The van der Waals surface area contributed by atoms with Crippen LogP contribution in [0.5, 0.6) is 0 Å². The highest BCUT2D eigenvalue weighted by Crippen LogP contribution is 2.35. The molecular weight excluding hydrogens is 322 g/mol. The zero-order chi connectivity index (χ0) is 16.5. The maximum absolute atomic E-state index is 12.8. The second-order valence-corrected chi connectivity index (χ2v) is 7.37. The predicted octanol–water partition coefficient (Wildman–Crippen LogP) is 2.90. The van der Waals surface area contributed by atoms with Crippen LogP contribution in [0, 0.1) is 0 Å². The summed E-state index contributed by atoms with van der Waals surface area (Å²) in [5.74, 6) is 0.612. The zero-order valence-corrected chi connectivity index (χ0v) is 14.6. The van der Waals surface area contributed by atoms with Gasteiger partial charge in [-0.25, -0.2) is 9.97 Å². The van der Waals surface area contributed by atoms with Gasteiger partial charge in [0.25, 0.3) is 0 Å². The number of carbonyl (C=O) groups excluding carboxylic acids is 1. The Kier molecular flexibility index (Phi) is 4.26. The molecule has 1 saturated carbocycles. The minimum Gasteiger partial charge on any atom is -0.313 e. The Morgan fingerprint density at radius 3 is 3.00 bits per heavy atom. The minimum absolute atomic E-state index is 0.200. The van der Waals surface area contributed by atoms with Crippen molar-refractivity contribution >= 4 is 28.7 Å². The Morgan fingerprint density at radius 2 is 2.25 bits per heavy atom. The molecule has 1 fully saturated rings. The van der Waals surface area contributed by atoms with Crippen molar-refractivity contribution in [2.24, 2.45) is 7.05 Å². The van der Waals surface area contributed by atoms with Crippen LogP contribution in [0.1, 0.15) is 38.5 Å². The van der Waals surface area contributed by atoms with E-state index in [0.717, 1.165) is 41.7 Å². The number of amides is 1. The summed E-state index contributed by atoms with van der Waals surface area (Å²) in [5.41, 5.74) is 2.04. The summed E-state index contributed by atoms with van der Waals surface area (Å²) in [4.78, 5) is 23.5. The molecule has 0 atom stereocenters. The lowest BCUT2D eigenvalue weighted by Gasteiger charge is -2.27. The highest BCUT2D eigenvalue weighted by atomic mass is 32.2. The molecule has 2 heterocycles. The van der Waals surface area contributed by atoms with Crippen molar-refractivity contribution in [2.45, 2.75) is 49.6 Å². The molecule has 0 radical (unpaired) electrons. The maximum atomic E-state index is 12.8. The van der Waals surface area contributed by atoms with Gasteiger partial charge >= 0.3 is 0 Å². The van der Waals surface area contributed by atoms with Gasteiger partial charge in [-0.1, -0.05) is 17.8 Å². The van der Waals surface area contributed by atoms with Gasteiger partial charge < -0.3 is 4.90 Å². The van der Waals surface area contributed by atoms with E-state index in [0.29, 0.717) is 11.8 Å². The fourth-order valence-corrected chi connectivity index (χ4v) is 4.05. The summed E-state index contributed by atoms with van der Waals surface area (Å²) in [6, 6.07) is 0.422. The lowest BCUT2D eigenvalue weighted by molar-refractivity contribution is -0.127. The predicted molar refractivity (Wildman–Crippen MR) is 93.4 cm³/mol. The van der Waals surface area contributed by atoms with Gasteiger partial charge in [0.05, 0.1) is 17.3 Å². The van der Waals surface area contributed by atoms with Crippen molar-refractivity contribution in [3.63, 3.8) is 0 Å². The minimum atomic E-state index is 0.200. The SMILES string of the molecule is Cn1ncc2c(SCC(=O)N(C3=CCCCC3)C3CC3)ncnc21. The van der Waals surface area contributed by atoms with Crippen LogP contribution >= 0.6 is 11.8 Å². The van der Waals surface area contributed by atoms with Crippen LogP contribution in [0.4, 0.5) is 0 Å². The van der Waals surface area contributed by atoms with E-state index in [1.165, 1.54) is 30.3 Å². The lowest BCUT2D eigenvalue weighted by atomic mass is 10.0. The summed E-state index contributed by atoms with van der Waals surface area (Å²) in [7, 11) is 1.86. The Morgan fingerprint density at radius 1 is 1.38 bits per heavy atom. The molecular formula is C17H21N5OS. The molecule has 0 aromatic carbocycles. The van der Waals surface area contributed by atoms with Gasteiger partial charge in [-0.3, -0.25) is 9.48 Å². The Balaban J connectivity index is 1.49. The fraction of sp³-hybridized carbons (Fsp3) is 0.529. The maximum Gasteiger partial charge on any atom is 0.237 e. The molecule has 0 aliphatic heterocycles. The normalized spacial score (nSPS) is 17.8. The number of aryl methyl sites for hydroxylation is 1. The highest BCUT2D eigenvalue weighted by Gasteiger charge is 2.34. The van der Waals surface area contributed by atoms with Crippen molar-refractivity contribution in [2.75, 3.05) is 5.75 Å². The number of aromatic nitrogens is 4. The molecule has 126 valence electrons. The third-order valence-electron chi connectivity index (χ3n) is 4.58. The monoisotopic (exact) mass is 343 g/mol. The van der Waals surface area contributed by atoms with Crippen molar-refractivity contribution in [3.05, 3.63) is 24.3 Å². The summed E-state index contributed by atoms with van der Waals surface area (Å²) in [6.07, 6.45) is 12.4. The van der Waals surface area contributed by atoms with E-state index in [2.05, 4.69) is 26.0 Å². The molecule has 2 aromatic heterocycles. The van der Waals surface area contributed by atoms with E-state index in [9.17, 15) is 4.79 Å². The van der Waals surface area contributed by atoms with E-state index in [4.69, 9.17) is 0 Å². The number of thioether (sulfide) groups is 1. The third-order valence-corrected chi connectivity index (χ3v) is 5.57. The lowest BCUT2D eigenvalue weighted by Crippen LogP contribution is -2.34. The Hall–Kier alpha value is -1.89. The molecule has 2 aliphatic rings. The Labute approximate surface area is 145 Å². The molecule has 2 aromatic rings. The van der Waals surface area contributed by atoms with E-state index in [-0.39, 0.29) is 5.91 Å². The number of allylic oxidation sites excluding steroid dienone is 2. The number of hydrogen-bond donors (Lipinski definition) is 0. The quantitative estimate of drug-likeness (QED) is 0.617. The largest absolute Gasteiger partial charge is 0.313 e. The molecule has 0 N–H and O–H groups in total. The second kappa shape index (κ2) is 6.55. The van der Waals surface area contributed by atoms with Gasteiger partial charge in [-0.2, -0.15) is 5.10 Å². The molecule has 1 amide bonds. The van der Waals surface area contributed by atoms with Crippen molar-refractivity contribution in [1.82, 2.24) is 24.6 Å². The average Bonchev–Trinajstić information content (AvgIpc) is 3.37. The van der Waals surface area contributed by atoms with E-state index >= 15 is 0 Å². The number of nitrogens with zero attached hydrogens (tertiary/aromatic N) is 5. The van der Waals surface area contributed by atoms with Gasteiger partial charge in [0.1, 0.15) is 11.4 Å². The smallest absolute Gasteiger partial charge is 0.237 e. The summed E-state index contributed by atoms with van der Waals surface area (Å²) >= 11 is 1.49. The molecule has 7 heteroatoms. The number of rotatable bonds is 5. The van der Waals surface area contributed by atoms with Gasteiger partial charge in [0.15, 0.2) is 5.65 Å². The van der Waals surface area contributed by atoms with Crippen LogP contribution in [0.15, 0.2) is 29.3 Å². The van der Waals surface area contributed by atoms with E-state index in [1.54, 1.807) is 17.2 Å². The first-order valence-corrected chi connectivity index (χ1v) is 9.49. The molecule has 0 spiro atoms. The molecule has 0 saturated heterocycles. The van der Waals surface area contributed by atoms with Crippen LogP contribution in [0.25, 0.3) is 11.0 Å². The first kappa shape index (κ1) is 15.6. The Bertz CT molecular complexity index is 795. The summed E-state index contributed by atoms with van der Waals surface area (Å²) < 4.78 is 1.73. The highest BCUT2D eigenvalue weighted by molar-refractivity contribution is 8.00.